The third-order valence-electron chi connectivity index (χ3n) is 1.09. The SMILES string of the molecule is CC.CN(C)c1ccnnc1. The minimum Gasteiger partial charge on any atom is -0.376 e. The van der Waals surface area contributed by atoms with Crippen molar-refractivity contribution in [3.8, 4) is 0 Å². The Morgan fingerprint density at radius 2 is 1.82 bits per heavy atom. The molecule has 0 aromatic carbocycles. The Bertz CT molecular complexity index is 172. The summed E-state index contributed by atoms with van der Waals surface area (Å²) in [5.41, 5.74) is 1.07. The van der Waals surface area contributed by atoms with Gasteiger partial charge in [0, 0.05) is 14.1 Å². The normalized spacial score (nSPS) is 8.00. The van der Waals surface area contributed by atoms with Crippen molar-refractivity contribution in [2.75, 3.05) is 19.0 Å². The molecule has 1 rings (SSSR count). The van der Waals surface area contributed by atoms with Crippen molar-refractivity contribution in [3.63, 3.8) is 0 Å². The van der Waals surface area contributed by atoms with Gasteiger partial charge in [-0.05, 0) is 6.07 Å². The summed E-state index contributed by atoms with van der Waals surface area (Å²) in [7, 11) is 3.94. The van der Waals surface area contributed by atoms with Gasteiger partial charge in [-0.15, -0.1) is 0 Å². The minimum atomic E-state index is 1.07. The van der Waals surface area contributed by atoms with Gasteiger partial charge in [-0.25, -0.2) is 0 Å². The van der Waals surface area contributed by atoms with Gasteiger partial charge in [0.15, 0.2) is 0 Å². The maximum atomic E-state index is 3.71. The fourth-order valence-electron chi connectivity index (χ4n) is 0.548. The van der Waals surface area contributed by atoms with Crippen LogP contribution < -0.4 is 4.90 Å². The highest BCUT2D eigenvalue weighted by Crippen LogP contribution is 2.03. The molecule has 0 fully saturated rings. The standard InChI is InChI=1S/C6H9N3.C2H6/c1-9(2)6-3-4-7-8-5-6;1-2/h3-5H,1-2H3;1-2H3. The Hall–Kier alpha value is -1.12. The van der Waals surface area contributed by atoms with E-state index in [0.29, 0.717) is 0 Å². The van der Waals surface area contributed by atoms with Crippen LogP contribution in [-0.4, -0.2) is 24.3 Å². The van der Waals surface area contributed by atoms with E-state index in [9.17, 15) is 0 Å². The van der Waals surface area contributed by atoms with Crippen LogP contribution in [0, 0.1) is 0 Å². The lowest BCUT2D eigenvalue weighted by Gasteiger charge is -2.09. The first-order valence-corrected chi connectivity index (χ1v) is 3.75. The number of hydrogen-bond donors (Lipinski definition) is 0. The summed E-state index contributed by atoms with van der Waals surface area (Å²) in [6, 6.07) is 1.91. The van der Waals surface area contributed by atoms with Gasteiger partial charge in [-0.2, -0.15) is 10.2 Å². The molecule has 0 amide bonds. The topological polar surface area (TPSA) is 29.0 Å². The molecule has 0 saturated heterocycles. The number of hydrogen-bond acceptors (Lipinski definition) is 3. The van der Waals surface area contributed by atoms with Crippen LogP contribution in [0.3, 0.4) is 0 Å². The molecule has 0 radical (unpaired) electrons. The first kappa shape index (κ1) is 9.88. The van der Waals surface area contributed by atoms with Gasteiger partial charge in [-0.1, -0.05) is 13.8 Å². The third-order valence-corrected chi connectivity index (χ3v) is 1.09. The zero-order valence-corrected chi connectivity index (χ0v) is 7.57. The lowest BCUT2D eigenvalue weighted by molar-refractivity contribution is 1.00. The largest absolute Gasteiger partial charge is 0.376 e. The highest BCUT2D eigenvalue weighted by molar-refractivity contribution is 5.40. The second-order valence-corrected chi connectivity index (χ2v) is 2.00. The van der Waals surface area contributed by atoms with E-state index in [0.717, 1.165) is 5.69 Å². The van der Waals surface area contributed by atoms with E-state index in [4.69, 9.17) is 0 Å². The first-order chi connectivity index (χ1) is 5.30. The highest BCUT2D eigenvalue weighted by atomic mass is 15.1. The van der Waals surface area contributed by atoms with Crippen LogP contribution in [0.25, 0.3) is 0 Å². The molecule has 0 aliphatic carbocycles. The Morgan fingerprint density at radius 3 is 2.09 bits per heavy atom. The van der Waals surface area contributed by atoms with E-state index in [-0.39, 0.29) is 0 Å². The van der Waals surface area contributed by atoms with E-state index in [1.54, 1.807) is 12.4 Å². The summed E-state index contributed by atoms with van der Waals surface area (Å²) in [6.45, 7) is 4.00. The maximum Gasteiger partial charge on any atom is 0.0729 e. The molecule has 3 heteroatoms. The summed E-state index contributed by atoms with van der Waals surface area (Å²) in [5, 5.41) is 7.37. The smallest absolute Gasteiger partial charge is 0.0729 e. The van der Waals surface area contributed by atoms with E-state index < -0.39 is 0 Å². The van der Waals surface area contributed by atoms with Crippen LogP contribution in [0.15, 0.2) is 18.5 Å². The summed E-state index contributed by atoms with van der Waals surface area (Å²) >= 11 is 0. The van der Waals surface area contributed by atoms with Crippen LogP contribution in [0.4, 0.5) is 5.69 Å². The van der Waals surface area contributed by atoms with Gasteiger partial charge in [0.2, 0.25) is 0 Å². The van der Waals surface area contributed by atoms with E-state index in [1.165, 1.54) is 0 Å². The molecule has 0 atom stereocenters. The molecule has 1 heterocycles. The summed E-state index contributed by atoms with van der Waals surface area (Å²) in [6.07, 6.45) is 3.40. The quantitative estimate of drug-likeness (QED) is 0.613. The lowest BCUT2D eigenvalue weighted by Crippen LogP contribution is -2.08. The first-order valence-electron chi connectivity index (χ1n) is 3.75. The van der Waals surface area contributed by atoms with Crippen molar-refractivity contribution in [2.24, 2.45) is 0 Å². The molecular formula is C8H15N3. The molecule has 0 aliphatic rings. The molecule has 0 spiro atoms. The molecule has 0 bridgehead atoms. The zero-order valence-electron chi connectivity index (χ0n) is 7.57. The second kappa shape index (κ2) is 5.65. The summed E-state index contributed by atoms with van der Waals surface area (Å²) in [5.74, 6) is 0. The van der Waals surface area contributed by atoms with Crippen molar-refractivity contribution >= 4 is 5.69 Å². The number of rotatable bonds is 1. The van der Waals surface area contributed by atoms with E-state index in [1.807, 2.05) is 38.9 Å². The average Bonchev–Trinajstić information content (AvgIpc) is 2.10. The van der Waals surface area contributed by atoms with Crippen LogP contribution in [0.1, 0.15) is 13.8 Å². The average molecular weight is 153 g/mol. The third kappa shape index (κ3) is 3.55. The van der Waals surface area contributed by atoms with Gasteiger partial charge in [0.25, 0.3) is 0 Å². The number of anilines is 1. The Morgan fingerprint density at radius 1 is 1.18 bits per heavy atom. The molecule has 62 valence electrons. The van der Waals surface area contributed by atoms with Crippen LogP contribution in [0.5, 0.6) is 0 Å². The minimum absolute atomic E-state index is 1.07. The van der Waals surface area contributed by atoms with Gasteiger partial charge in [0.1, 0.15) is 0 Å². The van der Waals surface area contributed by atoms with Crippen molar-refractivity contribution in [2.45, 2.75) is 13.8 Å². The monoisotopic (exact) mass is 153 g/mol. The highest BCUT2D eigenvalue weighted by Gasteiger charge is 1.89. The molecule has 0 N–H and O–H groups in total. The molecule has 11 heavy (non-hydrogen) atoms. The molecule has 1 aromatic heterocycles. The van der Waals surface area contributed by atoms with Crippen molar-refractivity contribution in [3.05, 3.63) is 18.5 Å². The molecule has 0 saturated carbocycles. The zero-order chi connectivity index (χ0) is 8.69. The summed E-state index contributed by atoms with van der Waals surface area (Å²) in [4.78, 5) is 1.98. The van der Waals surface area contributed by atoms with E-state index in [2.05, 4.69) is 10.2 Å². The molecule has 1 aromatic rings. The number of nitrogens with zero attached hydrogens (tertiary/aromatic N) is 3. The predicted molar refractivity (Wildman–Crippen MR) is 47.7 cm³/mol. The Labute approximate surface area is 68.1 Å². The van der Waals surface area contributed by atoms with Crippen LogP contribution in [0.2, 0.25) is 0 Å². The van der Waals surface area contributed by atoms with Gasteiger partial charge in [0.05, 0.1) is 18.1 Å². The van der Waals surface area contributed by atoms with Crippen molar-refractivity contribution in [1.29, 1.82) is 0 Å². The lowest BCUT2D eigenvalue weighted by atomic mass is 10.4. The summed E-state index contributed by atoms with van der Waals surface area (Å²) < 4.78 is 0. The molecule has 3 nitrogen and oxygen atoms in total. The van der Waals surface area contributed by atoms with Gasteiger partial charge < -0.3 is 4.90 Å². The Balaban J connectivity index is 0.000000461. The van der Waals surface area contributed by atoms with Crippen LogP contribution >= 0.6 is 0 Å². The van der Waals surface area contributed by atoms with E-state index >= 15 is 0 Å². The second-order valence-electron chi connectivity index (χ2n) is 2.00. The van der Waals surface area contributed by atoms with Crippen molar-refractivity contribution in [1.82, 2.24) is 10.2 Å². The molecular weight excluding hydrogens is 138 g/mol. The Kier molecular flexibility index (Phi) is 5.07. The fourth-order valence-corrected chi connectivity index (χ4v) is 0.548. The fraction of sp³-hybridized carbons (Fsp3) is 0.500. The van der Waals surface area contributed by atoms with Crippen LogP contribution in [-0.2, 0) is 0 Å². The molecule has 0 unspecified atom stereocenters. The maximum absolute atomic E-state index is 3.71. The van der Waals surface area contributed by atoms with Gasteiger partial charge >= 0.3 is 0 Å². The van der Waals surface area contributed by atoms with Crippen molar-refractivity contribution < 1.29 is 0 Å². The predicted octanol–water partition coefficient (Wildman–Crippen LogP) is 1.57. The van der Waals surface area contributed by atoms with Gasteiger partial charge in [-0.3, -0.25) is 0 Å². The molecule has 0 aliphatic heterocycles. The number of aromatic nitrogens is 2.